The van der Waals surface area contributed by atoms with Crippen LogP contribution in [0.25, 0.3) is 17.4 Å². The van der Waals surface area contributed by atoms with E-state index in [1.54, 1.807) is 24.5 Å². The maximum Gasteiger partial charge on any atom is 0.252 e. The summed E-state index contributed by atoms with van der Waals surface area (Å²) in [5, 5.41) is 7.40. The second-order valence-corrected chi connectivity index (χ2v) is 7.67. The molecular weight excluding hydrogens is 394 g/mol. The van der Waals surface area contributed by atoms with Gasteiger partial charge in [-0.05, 0) is 30.5 Å². The summed E-state index contributed by atoms with van der Waals surface area (Å²) in [5.74, 6) is 0.990. The molecule has 31 heavy (non-hydrogen) atoms. The third-order valence-electron chi connectivity index (χ3n) is 4.74. The first-order chi connectivity index (χ1) is 14.9. The fourth-order valence-electron chi connectivity index (χ4n) is 3.23. The average molecular weight is 417 g/mol. The van der Waals surface area contributed by atoms with Crippen LogP contribution in [0.15, 0.2) is 64.0 Å². The van der Waals surface area contributed by atoms with Gasteiger partial charge in [-0.3, -0.25) is 14.6 Å². The average Bonchev–Trinajstić information content (AvgIpc) is 3.37. The molecule has 0 bridgehead atoms. The number of aromatic amines is 1. The molecule has 2 N–H and O–H groups in total. The van der Waals surface area contributed by atoms with Gasteiger partial charge in [0.15, 0.2) is 5.76 Å². The minimum Gasteiger partial charge on any atom is -0.463 e. The summed E-state index contributed by atoms with van der Waals surface area (Å²) < 4.78 is 6.86. The molecule has 0 radical (unpaired) electrons. The van der Waals surface area contributed by atoms with Crippen molar-refractivity contribution in [1.82, 2.24) is 19.7 Å². The SMILES string of the molecule is Cc1cccc(CC(=O)Nc2cc(-c3ccco3)nn2-c2nc(C(C)C)cc(=O)[nH]2)c1. The zero-order chi connectivity index (χ0) is 22.0. The maximum absolute atomic E-state index is 12.7. The molecule has 4 rings (SSSR count). The first-order valence-electron chi connectivity index (χ1n) is 10.00. The number of carbonyl (C=O) groups excluding carboxylic acids is 1. The van der Waals surface area contributed by atoms with Gasteiger partial charge in [-0.2, -0.15) is 9.78 Å². The quantitative estimate of drug-likeness (QED) is 0.496. The third kappa shape index (κ3) is 4.63. The highest BCUT2D eigenvalue weighted by molar-refractivity contribution is 5.92. The van der Waals surface area contributed by atoms with E-state index in [0.29, 0.717) is 23.0 Å². The van der Waals surface area contributed by atoms with Crippen molar-refractivity contribution in [1.29, 1.82) is 0 Å². The molecule has 3 heterocycles. The van der Waals surface area contributed by atoms with Crippen molar-refractivity contribution in [2.24, 2.45) is 0 Å². The monoisotopic (exact) mass is 417 g/mol. The topological polar surface area (TPSA) is 106 Å². The summed E-state index contributed by atoms with van der Waals surface area (Å²) in [6.07, 6.45) is 1.75. The standard InChI is InChI=1S/C23H23N5O3/c1-14(2)17-13-22(30)26-23(24-17)28-20(12-18(27-28)19-8-5-9-31-19)25-21(29)11-16-7-4-6-15(3)10-16/h4-10,12-14H,11H2,1-3H3,(H,25,29)(H,24,26,30). The number of carbonyl (C=O) groups is 1. The van der Waals surface area contributed by atoms with Gasteiger partial charge in [0.2, 0.25) is 11.9 Å². The summed E-state index contributed by atoms with van der Waals surface area (Å²) in [7, 11) is 0. The van der Waals surface area contributed by atoms with Gasteiger partial charge < -0.3 is 9.73 Å². The van der Waals surface area contributed by atoms with E-state index in [9.17, 15) is 9.59 Å². The van der Waals surface area contributed by atoms with Crippen LogP contribution in [0.1, 0.15) is 36.6 Å². The number of nitrogens with zero attached hydrogens (tertiary/aromatic N) is 3. The van der Waals surface area contributed by atoms with E-state index in [2.05, 4.69) is 20.4 Å². The van der Waals surface area contributed by atoms with Crippen molar-refractivity contribution in [3.63, 3.8) is 0 Å². The Morgan fingerprint density at radius 2 is 2.03 bits per heavy atom. The predicted molar refractivity (Wildman–Crippen MR) is 117 cm³/mol. The highest BCUT2D eigenvalue weighted by Crippen LogP contribution is 2.24. The number of rotatable bonds is 6. The van der Waals surface area contributed by atoms with Crippen molar-refractivity contribution in [2.45, 2.75) is 33.1 Å². The van der Waals surface area contributed by atoms with E-state index in [4.69, 9.17) is 4.42 Å². The molecule has 3 aromatic heterocycles. The van der Waals surface area contributed by atoms with Crippen molar-refractivity contribution >= 4 is 11.7 Å². The molecule has 4 aromatic rings. The van der Waals surface area contributed by atoms with Gasteiger partial charge in [-0.25, -0.2) is 4.98 Å². The number of hydrogen-bond donors (Lipinski definition) is 2. The van der Waals surface area contributed by atoms with Gasteiger partial charge in [-0.15, -0.1) is 0 Å². The number of anilines is 1. The highest BCUT2D eigenvalue weighted by Gasteiger charge is 2.18. The van der Waals surface area contributed by atoms with Crippen LogP contribution < -0.4 is 10.9 Å². The number of hydrogen-bond acceptors (Lipinski definition) is 5. The van der Waals surface area contributed by atoms with Crippen LogP contribution in [0, 0.1) is 6.92 Å². The molecule has 0 fully saturated rings. The fourth-order valence-corrected chi connectivity index (χ4v) is 3.23. The summed E-state index contributed by atoms with van der Waals surface area (Å²) in [4.78, 5) is 32.2. The minimum atomic E-state index is -0.291. The van der Waals surface area contributed by atoms with Crippen LogP contribution in [-0.2, 0) is 11.2 Å². The van der Waals surface area contributed by atoms with E-state index in [-0.39, 0.29) is 29.8 Å². The van der Waals surface area contributed by atoms with Gasteiger partial charge in [0.1, 0.15) is 11.5 Å². The lowest BCUT2D eigenvalue weighted by molar-refractivity contribution is -0.115. The summed E-state index contributed by atoms with van der Waals surface area (Å²) >= 11 is 0. The Balaban J connectivity index is 1.71. The summed E-state index contributed by atoms with van der Waals surface area (Å²) in [6, 6.07) is 14.4. The first-order valence-corrected chi connectivity index (χ1v) is 10.00. The Bertz CT molecular complexity index is 1270. The highest BCUT2D eigenvalue weighted by atomic mass is 16.3. The number of benzene rings is 1. The third-order valence-corrected chi connectivity index (χ3v) is 4.74. The molecule has 0 aliphatic carbocycles. The van der Waals surface area contributed by atoms with Crippen LogP contribution in [0.4, 0.5) is 5.82 Å². The van der Waals surface area contributed by atoms with Crippen LogP contribution in [-0.4, -0.2) is 25.7 Å². The first kappa shape index (κ1) is 20.3. The Morgan fingerprint density at radius 1 is 1.19 bits per heavy atom. The molecule has 158 valence electrons. The zero-order valence-corrected chi connectivity index (χ0v) is 17.5. The van der Waals surface area contributed by atoms with E-state index >= 15 is 0 Å². The zero-order valence-electron chi connectivity index (χ0n) is 17.5. The Kier molecular flexibility index (Phi) is 5.53. The maximum atomic E-state index is 12.7. The van der Waals surface area contributed by atoms with Crippen molar-refractivity contribution in [3.05, 3.63) is 82.0 Å². The molecule has 0 aliphatic rings. The number of H-pyrrole nitrogens is 1. The number of aryl methyl sites for hydroxylation is 1. The lowest BCUT2D eigenvalue weighted by Crippen LogP contribution is -2.20. The number of nitrogens with one attached hydrogen (secondary N) is 2. The second kappa shape index (κ2) is 8.43. The number of furan rings is 1. The lowest BCUT2D eigenvalue weighted by atomic mass is 10.1. The van der Waals surface area contributed by atoms with E-state index < -0.39 is 0 Å². The Hall–Kier alpha value is -3.94. The van der Waals surface area contributed by atoms with Crippen molar-refractivity contribution in [3.8, 4) is 17.4 Å². The molecule has 8 heteroatoms. The fraction of sp³-hybridized carbons (Fsp3) is 0.217. The molecule has 0 saturated carbocycles. The smallest absolute Gasteiger partial charge is 0.252 e. The molecule has 0 aliphatic heterocycles. The summed E-state index contributed by atoms with van der Waals surface area (Å²) in [5.41, 5.74) is 2.84. The lowest BCUT2D eigenvalue weighted by Gasteiger charge is -2.10. The molecule has 0 atom stereocenters. The van der Waals surface area contributed by atoms with Crippen molar-refractivity contribution < 1.29 is 9.21 Å². The predicted octanol–water partition coefficient (Wildman–Crippen LogP) is 3.83. The normalized spacial score (nSPS) is 11.1. The molecule has 0 spiro atoms. The molecule has 1 amide bonds. The number of amides is 1. The minimum absolute atomic E-state index is 0.0560. The van der Waals surface area contributed by atoms with Gasteiger partial charge in [-0.1, -0.05) is 43.7 Å². The van der Waals surface area contributed by atoms with Crippen LogP contribution in [0.5, 0.6) is 0 Å². The number of aromatic nitrogens is 4. The molecular formula is C23H23N5O3. The Labute approximate surface area is 179 Å². The van der Waals surface area contributed by atoms with Gasteiger partial charge in [0.05, 0.1) is 18.4 Å². The van der Waals surface area contributed by atoms with E-state index in [0.717, 1.165) is 11.1 Å². The van der Waals surface area contributed by atoms with Crippen LogP contribution in [0.3, 0.4) is 0 Å². The second-order valence-electron chi connectivity index (χ2n) is 7.67. The van der Waals surface area contributed by atoms with Crippen LogP contribution in [0.2, 0.25) is 0 Å². The van der Waals surface area contributed by atoms with Gasteiger partial charge >= 0.3 is 0 Å². The molecule has 1 aromatic carbocycles. The summed E-state index contributed by atoms with van der Waals surface area (Å²) in [6.45, 7) is 5.89. The van der Waals surface area contributed by atoms with Crippen LogP contribution >= 0.6 is 0 Å². The van der Waals surface area contributed by atoms with E-state index in [1.807, 2.05) is 45.0 Å². The van der Waals surface area contributed by atoms with Crippen molar-refractivity contribution in [2.75, 3.05) is 5.32 Å². The van der Waals surface area contributed by atoms with Gasteiger partial charge in [0, 0.05) is 12.1 Å². The molecule has 0 saturated heterocycles. The molecule has 0 unspecified atom stereocenters. The van der Waals surface area contributed by atoms with Gasteiger partial charge in [0.25, 0.3) is 5.56 Å². The molecule has 8 nitrogen and oxygen atoms in total. The largest absolute Gasteiger partial charge is 0.463 e. The van der Waals surface area contributed by atoms with E-state index in [1.165, 1.54) is 10.7 Å². The Morgan fingerprint density at radius 3 is 2.74 bits per heavy atom.